The molecule has 7 heteroatoms. The predicted molar refractivity (Wildman–Crippen MR) is 102 cm³/mol. The number of nitrogens with zero attached hydrogens (tertiary/aromatic N) is 2. The molecule has 1 aliphatic heterocycles. The van der Waals surface area contributed by atoms with Crippen LogP contribution in [0.25, 0.3) is 0 Å². The van der Waals surface area contributed by atoms with Crippen molar-refractivity contribution in [1.82, 2.24) is 9.80 Å². The van der Waals surface area contributed by atoms with Gasteiger partial charge in [-0.2, -0.15) is 0 Å². The number of ether oxygens (including phenoxy) is 1. The number of hydrogen-bond acceptors (Lipinski definition) is 3. The van der Waals surface area contributed by atoms with Gasteiger partial charge in [-0.3, -0.25) is 4.90 Å². The molecule has 1 N–H and O–H groups in total. The van der Waals surface area contributed by atoms with Gasteiger partial charge in [-0.25, -0.2) is 4.79 Å². The van der Waals surface area contributed by atoms with Crippen molar-refractivity contribution < 1.29 is 14.6 Å². The smallest absolute Gasteiger partial charge is 0.407 e. The Kier molecular flexibility index (Phi) is 6.47. The second kappa shape index (κ2) is 8.60. The molecule has 0 spiro atoms. The van der Waals surface area contributed by atoms with Gasteiger partial charge in [-0.1, -0.05) is 27.5 Å². The fourth-order valence-corrected chi connectivity index (χ4v) is 4.48. The van der Waals surface area contributed by atoms with Gasteiger partial charge in [0.15, 0.2) is 0 Å². The van der Waals surface area contributed by atoms with Gasteiger partial charge in [-0.05, 0) is 49.8 Å². The van der Waals surface area contributed by atoms with Crippen molar-refractivity contribution in [3.05, 3.63) is 27.7 Å². The third-order valence-corrected chi connectivity index (χ3v) is 6.07. The molecule has 0 bridgehead atoms. The average molecular weight is 432 g/mol. The lowest BCUT2D eigenvalue weighted by Gasteiger charge is -2.41. The summed E-state index contributed by atoms with van der Waals surface area (Å²) in [6.07, 6.45) is 3.83. The molecule has 1 amide bonds. The van der Waals surface area contributed by atoms with Gasteiger partial charge in [0.1, 0.15) is 5.75 Å². The van der Waals surface area contributed by atoms with E-state index in [1.807, 2.05) is 18.2 Å². The Labute approximate surface area is 162 Å². The minimum absolute atomic E-state index is 0.566. The van der Waals surface area contributed by atoms with Crippen molar-refractivity contribution in [3.63, 3.8) is 0 Å². The number of piperazine rings is 1. The standard InChI is InChI=1S/C18H24BrClN2O3/c19-14-3-6-17(16(20)11-14)25-12-13-1-4-15(5-2-13)21-7-9-22(10-8-21)18(23)24/h3,6,11,13,15H,1-2,4-5,7-10,12H2,(H,23,24). The maximum absolute atomic E-state index is 11.0. The summed E-state index contributed by atoms with van der Waals surface area (Å²) in [5, 5.41) is 9.68. The fraction of sp³-hybridized carbons (Fsp3) is 0.611. The van der Waals surface area contributed by atoms with Crippen LogP contribution >= 0.6 is 27.5 Å². The first kappa shape index (κ1) is 18.8. The zero-order valence-corrected chi connectivity index (χ0v) is 16.5. The minimum Gasteiger partial charge on any atom is -0.492 e. The van der Waals surface area contributed by atoms with Crippen LogP contribution in [0, 0.1) is 5.92 Å². The number of carbonyl (C=O) groups is 1. The molecule has 138 valence electrons. The summed E-state index contributed by atoms with van der Waals surface area (Å²) in [5.41, 5.74) is 0. The van der Waals surface area contributed by atoms with E-state index in [1.165, 1.54) is 4.90 Å². The van der Waals surface area contributed by atoms with Crippen molar-refractivity contribution in [2.75, 3.05) is 32.8 Å². The van der Waals surface area contributed by atoms with E-state index in [2.05, 4.69) is 20.8 Å². The van der Waals surface area contributed by atoms with Gasteiger partial charge in [-0.15, -0.1) is 0 Å². The number of carboxylic acid groups (broad SMARTS) is 1. The van der Waals surface area contributed by atoms with Crippen LogP contribution in [0.15, 0.2) is 22.7 Å². The Morgan fingerprint density at radius 3 is 2.48 bits per heavy atom. The van der Waals surface area contributed by atoms with Gasteiger partial charge in [0.2, 0.25) is 0 Å². The summed E-state index contributed by atoms with van der Waals surface area (Å²) in [7, 11) is 0. The number of benzene rings is 1. The lowest BCUT2D eigenvalue weighted by atomic mass is 9.85. The van der Waals surface area contributed by atoms with Crippen LogP contribution in [0.5, 0.6) is 5.75 Å². The van der Waals surface area contributed by atoms with Crippen LogP contribution in [0.4, 0.5) is 4.79 Å². The largest absolute Gasteiger partial charge is 0.492 e. The molecule has 1 heterocycles. The average Bonchev–Trinajstić information content (AvgIpc) is 2.61. The van der Waals surface area contributed by atoms with E-state index in [-0.39, 0.29) is 0 Å². The second-order valence-electron chi connectivity index (χ2n) is 6.87. The maximum Gasteiger partial charge on any atom is 0.407 e. The lowest BCUT2D eigenvalue weighted by Crippen LogP contribution is -2.52. The molecule has 0 unspecified atom stereocenters. The van der Waals surface area contributed by atoms with E-state index in [4.69, 9.17) is 21.4 Å². The highest BCUT2D eigenvalue weighted by Gasteiger charge is 2.29. The highest BCUT2D eigenvalue weighted by molar-refractivity contribution is 9.10. The van der Waals surface area contributed by atoms with E-state index >= 15 is 0 Å². The quantitative estimate of drug-likeness (QED) is 0.771. The summed E-state index contributed by atoms with van der Waals surface area (Å²) < 4.78 is 6.87. The maximum atomic E-state index is 11.0. The van der Waals surface area contributed by atoms with E-state index in [0.717, 1.165) is 49.0 Å². The van der Waals surface area contributed by atoms with Crippen molar-refractivity contribution in [2.45, 2.75) is 31.7 Å². The first-order valence-corrected chi connectivity index (χ1v) is 10.00. The first-order chi connectivity index (χ1) is 12.0. The van der Waals surface area contributed by atoms with Crippen molar-refractivity contribution in [2.24, 2.45) is 5.92 Å². The summed E-state index contributed by atoms with van der Waals surface area (Å²) >= 11 is 9.60. The molecular weight excluding hydrogens is 408 g/mol. The number of halogens is 2. The van der Waals surface area contributed by atoms with Crippen LogP contribution in [0.2, 0.25) is 5.02 Å². The van der Waals surface area contributed by atoms with Crippen LogP contribution < -0.4 is 4.74 Å². The molecular formula is C18H24BrClN2O3. The van der Waals surface area contributed by atoms with Crippen LogP contribution in [-0.2, 0) is 0 Å². The van der Waals surface area contributed by atoms with Crippen molar-refractivity contribution in [3.8, 4) is 5.75 Å². The van der Waals surface area contributed by atoms with Gasteiger partial charge in [0.25, 0.3) is 0 Å². The number of rotatable bonds is 4. The number of amides is 1. The first-order valence-electron chi connectivity index (χ1n) is 8.82. The Bertz CT molecular complexity index is 600. The van der Waals surface area contributed by atoms with Crippen LogP contribution in [0.1, 0.15) is 25.7 Å². The third kappa shape index (κ3) is 5.02. The van der Waals surface area contributed by atoms with E-state index in [1.54, 1.807) is 0 Å². The van der Waals surface area contributed by atoms with Gasteiger partial charge >= 0.3 is 6.09 Å². The fourth-order valence-electron chi connectivity index (χ4n) is 3.75. The molecule has 1 aliphatic carbocycles. The molecule has 2 aliphatic rings. The Balaban J connectivity index is 1.41. The summed E-state index contributed by atoms with van der Waals surface area (Å²) in [6, 6.07) is 6.28. The summed E-state index contributed by atoms with van der Waals surface area (Å²) in [4.78, 5) is 15.0. The van der Waals surface area contributed by atoms with Crippen molar-refractivity contribution in [1.29, 1.82) is 0 Å². The zero-order chi connectivity index (χ0) is 17.8. The molecule has 2 fully saturated rings. The molecule has 5 nitrogen and oxygen atoms in total. The lowest BCUT2D eigenvalue weighted by molar-refractivity contribution is 0.0619. The SMILES string of the molecule is O=C(O)N1CCN(C2CCC(COc3ccc(Br)cc3Cl)CC2)CC1. The monoisotopic (exact) mass is 430 g/mol. The highest BCUT2D eigenvalue weighted by Crippen LogP contribution is 2.31. The molecule has 0 aromatic heterocycles. The summed E-state index contributed by atoms with van der Waals surface area (Å²) in [5.74, 6) is 1.31. The topological polar surface area (TPSA) is 53.0 Å². The Morgan fingerprint density at radius 2 is 1.88 bits per heavy atom. The normalized spacial score (nSPS) is 25.0. The highest BCUT2D eigenvalue weighted by atomic mass is 79.9. The predicted octanol–water partition coefficient (Wildman–Crippen LogP) is 4.34. The molecule has 1 aromatic rings. The van der Waals surface area contributed by atoms with E-state index in [0.29, 0.717) is 36.7 Å². The molecule has 25 heavy (non-hydrogen) atoms. The van der Waals surface area contributed by atoms with Crippen LogP contribution in [0.3, 0.4) is 0 Å². The summed E-state index contributed by atoms with van der Waals surface area (Å²) in [6.45, 7) is 3.67. The van der Waals surface area contributed by atoms with Crippen LogP contribution in [-0.4, -0.2) is 59.8 Å². The van der Waals surface area contributed by atoms with Gasteiger partial charge in [0.05, 0.1) is 11.6 Å². The van der Waals surface area contributed by atoms with Crippen molar-refractivity contribution >= 4 is 33.6 Å². The molecule has 1 saturated carbocycles. The molecule has 1 aromatic carbocycles. The molecule has 0 atom stereocenters. The Hall–Kier alpha value is -0.980. The molecule has 1 saturated heterocycles. The minimum atomic E-state index is -0.799. The Morgan fingerprint density at radius 1 is 1.20 bits per heavy atom. The van der Waals surface area contributed by atoms with Gasteiger partial charge < -0.3 is 14.7 Å². The van der Waals surface area contributed by atoms with E-state index < -0.39 is 6.09 Å². The molecule has 3 rings (SSSR count). The van der Waals surface area contributed by atoms with Gasteiger partial charge in [0, 0.05) is 36.7 Å². The molecule has 0 radical (unpaired) electrons. The second-order valence-corrected chi connectivity index (χ2v) is 8.19. The number of hydrogen-bond donors (Lipinski definition) is 1. The zero-order valence-electron chi connectivity index (χ0n) is 14.2. The third-order valence-electron chi connectivity index (χ3n) is 5.29. The van der Waals surface area contributed by atoms with E-state index in [9.17, 15) is 4.79 Å².